The number of anilines is 2. The van der Waals surface area contributed by atoms with Gasteiger partial charge in [0.1, 0.15) is 5.75 Å². The van der Waals surface area contributed by atoms with Crippen molar-refractivity contribution >= 4 is 21.6 Å². The molecule has 1 aromatic carbocycles. The van der Waals surface area contributed by atoms with Crippen LogP contribution in [0.5, 0.6) is 0 Å². The fourth-order valence-electron chi connectivity index (χ4n) is 2.30. The Kier molecular flexibility index (Phi) is 3.96. The lowest BCUT2D eigenvalue weighted by atomic mass is 10.1. The van der Waals surface area contributed by atoms with E-state index in [0.717, 1.165) is 37.4 Å². The Hall–Kier alpha value is -1.34. The third-order valence-electron chi connectivity index (χ3n) is 3.28. The zero-order valence-electron chi connectivity index (χ0n) is 10.8. The van der Waals surface area contributed by atoms with Gasteiger partial charge in [0.05, 0.1) is 0 Å². The Morgan fingerprint density at radius 3 is 2.58 bits per heavy atom. The topological polar surface area (TPSA) is 75.4 Å². The van der Waals surface area contributed by atoms with Crippen molar-refractivity contribution < 1.29 is 12.3 Å². The van der Waals surface area contributed by atoms with Crippen LogP contribution >= 0.6 is 0 Å². The number of hydrogen-bond donors (Lipinski definition) is 2. The van der Waals surface area contributed by atoms with E-state index in [0.29, 0.717) is 11.3 Å². The Morgan fingerprint density at radius 1 is 1.37 bits per heavy atom. The summed E-state index contributed by atoms with van der Waals surface area (Å²) in [6.45, 7) is 5.27. The standard InChI is InChI=1S/C12H18FN3O2S/c1-9-11(14)6-10(8-19(13,17)18)7-12(9)16-4-2-15-3-5-16/h6-7,15H,2-5,8,14H2,1H3. The first kappa shape index (κ1) is 14.1. The van der Waals surface area contributed by atoms with Crippen LogP contribution in [0, 0.1) is 6.92 Å². The number of benzene rings is 1. The van der Waals surface area contributed by atoms with E-state index in [2.05, 4.69) is 10.2 Å². The molecule has 0 bridgehead atoms. The predicted octanol–water partition coefficient (Wildman–Crippen LogP) is 0.786. The molecule has 5 nitrogen and oxygen atoms in total. The Balaban J connectivity index is 2.36. The fraction of sp³-hybridized carbons (Fsp3) is 0.500. The van der Waals surface area contributed by atoms with E-state index in [4.69, 9.17) is 5.73 Å². The van der Waals surface area contributed by atoms with E-state index in [1.165, 1.54) is 6.07 Å². The van der Waals surface area contributed by atoms with Gasteiger partial charge in [-0.2, -0.15) is 8.42 Å². The van der Waals surface area contributed by atoms with Crippen LogP contribution in [-0.4, -0.2) is 34.6 Å². The summed E-state index contributed by atoms with van der Waals surface area (Å²) in [5.41, 5.74) is 8.56. The molecule has 2 rings (SSSR count). The number of nitrogens with zero attached hydrogens (tertiary/aromatic N) is 1. The van der Waals surface area contributed by atoms with Crippen molar-refractivity contribution in [2.45, 2.75) is 12.7 Å². The minimum atomic E-state index is -4.54. The molecule has 0 spiro atoms. The van der Waals surface area contributed by atoms with E-state index >= 15 is 0 Å². The van der Waals surface area contributed by atoms with Crippen LogP contribution in [0.3, 0.4) is 0 Å². The van der Waals surface area contributed by atoms with E-state index in [1.54, 1.807) is 6.07 Å². The fourth-order valence-corrected chi connectivity index (χ4v) is 2.86. The maximum Gasteiger partial charge on any atom is 0.306 e. The molecule has 1 aliphatic rings. The lowest BCUT2D eigenvalue weighted by Crippen LogP contribution is -2.43. The zero-order chi connectivity index (χ0) is 14.0. The van der Waals surface area contributed by atoms with Crippen molar-refractivity contribution in [1.82, 2.24) is 5.32 Å². The molecule has 1 heterocycles. The largest absolute Gasteiger partial charge is 0.398 e. The van der Waals surface area contributed by atoms with Crippen molar-refractivity contribution in [1.29, 1.82) is 0 Å². The zero-order valence-corrected chi connectivity index (χ0v) is 11.6. The van der Waals surface area contributed by atoms with Gasteiger partial charge in [0, 0.05) is 37.6 Å². The molecule has 19 heavy (non-hydrogen) atoms. The number of nitrogen functional groups attached to an aromatic ring is 1. The molecule has 1 saturated heterocycles. The summed E-state index contributed by atoms with van der Waals surface area (Å²) >= 11 is 0. The van der Waals surface area contributed by atoms with Gasteiger partial charge in [-0.25, -0.2) is 0 Å². The van der Waals surface area contributed by atoms with Crippen LogP contribution in [0.15, 0.2) is 12.1 Å². The van der Waals surface area contributed by atoms with Gasteiger partial charge in [0.2, 0.25) is 0 Å². The lowest BCUT2D eigenvalue weighted by molar-refractivity contribution is 0.551. The molecule has 106 valence electrons. The molecule has 1 aromatic rings. The van der Waals surface area contributed by atoms with Gasteiger partial charge in [-0.1, -0.05) is 0 Å². The molecule has 0 aromatic heterocycles. The van der Waals surface area contributed by atoms with Crippen LogP contribution < -0.4 is 16.0 Å². The van der Waals surface area contributed by atoms with E-state index in [9.17, 15) is 12.3 Å². The monoisotopic (exact) mass is 287 g/mol. The number of rotatable bonds is 3. The van der Waals surface area contributed by atoms with Crippen molar-refractivity contribution in [2.75, 3.05) is 36.8 Å². The SMILES string of the molecule is Cc1c(N)cc(CS(=O)(=O)F)cc1N1CCNCC1. The summed E-state index contributed by atoms with van der Waals surface area (Å²) < 4.78 is 34.3. The molecule has 3 N–H and O–H groups in total. The second kappa shape index (κ2) is 5.34. The van der Waals surface area contributed by atoms with Crippen LogP contribution in [-0.2, 0) is 16.0 Å². The number of nitrogens with two attached hydrogens (primary N) is 1. The molecular formula is C12H18FN3O2S. The first-order valence-corrected chi connectivity index (χ1v) is 7.69. The minimum absolute atomic E-state index is 0.388. The molecular weight excluding hydrogens is 269 g/mol. The van der Waals surface area contributed by atoms with Crippen LogP contribution in [0.2, 0.25) is 0 Å². The van der Waals surface area contributed by atoms with E-state index in [1.807, 2.05) is 6.92 Å². The van der Waals surface area contributed by atoms with Crippen LogP contribution in [0.4, 0.5) is 15.3 Å². The summed E-state index contributed by atoms with van der Waals surface area (Å²) in [5.74, 6) is -0.628. The molecule has 0 saturated carbocycles. The summed E-state index contributed by atoms with van der Waals surface area (Å²) in [4.78, 5) is 2.14. The molecule has 0 unspecified atom stereocenters. The predicted molar refractivity (Wildman–Crippen MR) is 74.4 cm³/mol. The molecule has 0 atom stereocenters. The molecule has 0 radical (unpaired) electrons. The Labute approximate surface area is 112 Å². The third-order valence-corrected chi connectivity index (χ3v) is 3.96. The van der Waals surface area contributed by atoms with Gasteiger partial charge in [0.25, 0.3) is 0 Å². The van der Waals surface area contributed by atoms with Gasteiger partial charge in [-0.15, -0.1) is 3.89 Å². The van der Waals surface area contributed by atoms with Gasteiger partial charge < -0.3 is 16.0 Å². The average Bonchev–Trinajstić information content (AvgIpc) is 2.33. The molecule has 1 fully saturated rings. The summed E-state index contributed by atoms with van der Waals surface area (Å²) in [6.07, 6.45) is 0. The maximum absolute atomic E-state index is 12.8. The second-order valence-electron chi connectivity index (χ2n) is 4.75. The van der Waals surface area contributed by atoms with Crippen molar-refractivity contribution in [3.63, 3.8) is 0 Å². The second-order valence-corrected chi connectivity index (χ2v) is 6.12. The average molecular weight is 287 g/mol. The number of nitrogens with one attached hydrogen (secondary N) is 1. The highest BCUT2D eigenvalue weighted by Crippen LogP contribution is 2.28. The molecule has 1 aliphatic heterocycles. The summed E-state index contributed by atoms with van der Waals surface area (Å²) in [7, 11) is -4.54. The Bertz CT molecular complexity index is 569. The first-order chi connectivity index (χ1) is 8.87. The van der Waals surface area contributed by atoms with Gasteiger partial charge >= 0.3 is 10.2 Å². The van der Waals surface area contributed by atoms with Gasteiger partial charge in [-0.3, -0.25) is 0 Å². The molecule has 0 aliphatic carbocycles. The highest BCUT2D eigenvalue weighted by molar-refractivity contribution is 7.85. The summed E-state index contributed by atoms with van der Waals surface area (Å²) in [5, 5.41) is 3.24. The van der Waals surface area contributed by atoms with Gasteiger partial charge in [-0.05, 0) is 30.2 Å². The minimum Gasteiger partial charge on any atom is -0.398 e. The molecule has 7 heteroatoms. The van der Waals surface area contributed by atoms with Crippen molar-refractivity contribution in [3.8, 4) is 0 Å². The normalized spacial score (nSPS) is 16.6. The number of hydrogen-bond acceptors (Lipinski definition) is 5. The third kappa shape index (κ3) is 3.57. The van der Waals surface area contributed by atoms with E-state index < -0.39 is 16.0 Å². The smallest absolute Gasteiger partial charge is 0.306 e. The molecule has 0 amide bonds. The Morgan fingerprint density at radius 2 is 2.00 bits per heavy atom. The van der Waals surface area contributed by atoms with Crippen molar-refractivity contribution in [3.05, 3.63) is 23.3 Å². The first-order valence-electron chi connectivity index (χ1n) is 6.14. The van der Waals surface area contributed by atoms with Gasteiger partial charge in [0.15, 0.2) is 0 Å². The highest BCUT2D eigenvalue weighted by atomic mass is 32.3. The van der Waals surface area contributed by atoms with Crippen LogP contribution in [0.25, 0.3) is 0 Å². The number of halogens is 1. The quantitative estimate of drug-likeness (QED) is 0.635. The number of piperazine rings is 1. The summed E-state index contributed by atoms with van der Waals surface area (Å²) in [6, 6.07) is 3.24. The maximum atomic E-state index is 12.8. The lowest BCUT2D eigenvalue weighted by Gasteiger charge is -2.31. The highest BCUT2D eigenvalue weighted by Gasteiger charge is 2.17. The van der Waals surface area contributed by atoms with E-state index in [-0.39, 0.29) is 0 Å². The van der Waals surface area contributed by atoms with Crippen molar-refractivity contribution in [2.24, 2.45) is 0 Å². The van der Waals surface area contributed by atoms with Crippen LogP contribution in [0.1, 0.15) is 11.1 Å².